The van der Waals surface area contributed by atoms with E-state index in [0.29, 0.717) is 0 Å². The third kappa shape index (κ3) is 9.40. The van der Waals surface area contributed by atoms with Gasteiger partial charge in [0.05, 0.1) is 0 Å². The van der Waals surface area contributed by atoms with Crippen LogP contribution in [0.1, 0.15) is 40.5 Å². The molecule has 0 aromatic rings. The largest absolute Gasteiger partial charge is 0.412 e. The lowest BCUT2D eigenvalue weighted by molar-refractivity contribution is 0.302. The maximum absolute atomic E-state index is 4.87. The molecule has 1 saturated heterocycles. The molecule has 0 saturated carbocycles. The molecule has 1 unspecified atom stereocenters. The highest BCUT2D eigenvalue weighted by Gasteiger charge is 2.36. The molecule has 1 atom stereocenters. The van der Waals surface area contributed by atoms with Gasteiger partial charge in [-0.05, 0) is 26.7 Å². The Morgan fingerprint density at radius 3 is 1.93 bits per heavy atom. The number of hydrogen-bond acceptors (Lipinski definition) is 5. The molecule has 8 N–H and O–H groups in total. The fraction of sp³-hybridized carbons (Fsp3) is 0.875. The minimum absolute atomic E-state index is 0. The van der Waals surface area contributed by atoms with Crippen LogP contribution in [-0.4, -0.2) is 16.9 Å². The molecule has 6 heteroatoms. The first-order chi connectivity index (χ1) is 5.58. The zero-order valence-electron chi connectivity index (χ0n) is 9.55. The monoisotopic (exact) mass is 208 g/mol. The highest BCUT2D eigenvalue weighted by atomic mass is 16.8. The summed E-state index contributed by atoms with van der Waals surface area (Å²) in [5, 5.41) is 3.42. The quantitative estimate of drug-likeness (QED) is 0.266. The van der Waals surface area contributed by atoms with Crippen LogP contribution in [0.15, 0.2) is 5.10 Å². The Morgan fingerprint density at radius 2 is 1.93 bits per heavy atom. The van der Waals surface area contributed by atoms with Crippen molar-refractivity contribution < 1.29 is 10.3 Å². The first-order valence-corrected chi connectivity index (χ1v) is 4.26. The summed E-state index contributed by atoms with van der Waals surface area (Å²) in [5.41, 5.74) is 3.80. The number of nitrogens with zero attached hydrogens (tertiary/aromatic N) is 1. The van der Waals surface area contributed by atoms with Crippen molar-refractivity contribution >= 4 is 5.71 Å². The van der Waals surface area contributed by atoms with E-state index in [2.05, 4.69) is 17.5 Å². The van der Waals surface area contributed by atoms with Crippen LogP contribution in [0.25, 0.3) is 0 Å². The highest BCUT2D eigenvalue weighted by Crippen LogP contribution is 2.20. The molecular weight excluding hydrogens is 184 g/mol. The highest BCUT2D eigenvalue weighted by molar-refractivity contribution is 5.81. The molecule has 1 aliphatic heterocycles. The Kier molecular flexibility index (Phi) is 12.0. The van der Waals surface area contributed by atoms with Crippen LogP contribution in [0.2, 0.25) is 0 Å². The average molecular weight is 208 g/mol. The van der Waals surface area contributed by atoms with E-state index in [1.165, 1.54) is 0 Å². The van der Waals surface area contributed by atoms with Gasteiger partial charge in [0.15, 0.2) is 5.72 Å². The number of nitrogens with one attached hydrogen (secondary N) is 1. The Bertz CT molecular complexity index is 157. The summed E-state index contributed by atoms with van der Waals surface area (Å²) in [7, 11) is 0. The normalized spacial score (nSPS) is 23.6. The van der Waals surface area contributed by atoms with Crippen LogP contribution >= 0.6 is 0 Å². The van der Waals surface area contributed by atoms with Gasteiger partial charge in [-0.1, -0.05) is 13.8 Å². The second-order valence-electron chi connectivity index (χ2n) is 3.01. The number of hydroxylamine groups is 1. The lowest BCUT2D eigenvalue weighted by atomic mass is 10.2. The van der Waals surface area contributed by atoms with E-state index in [4.69, 9.17) is 10.7 Å². The van der Waals surface area contributed by atoms with Crippen LogP contribution in [-0.2, 0) is 4.84 Å². The lowest BCUT2D eigenvalue weighted by Gasteiger charge is -1.88. The van der Waals surface area contributed by atoms with Gasteiger partial charge in [-0.2, -0.15) is 10.6 Å². The van der Waals surface area contributed by atoms with Crippen molar-refractivity contribution in [3.63, 3.8) is 0 Å². The summed E-state index contributed by atoms with van der Waals surface area (Å²) < 4.78 is 0. The van der Waals surface area contributed by atoms with Crippen LogP contribution in [0.4, 0.5) is 0 Å². The second kappa shape index (κ2) is 8.89. The van der Waals surface area contributed by atoms with Gasteiger partial charge in [0.1, 0.15) is 0 Å². The average Bonchev–Trinajstić information content (AvgIpc) is 2.84. The molecule has 0 aliphatic carbocycles. The van der Waals surface area contributed by atoms with Gasteiger partial charge in [-0.15, -0.1) is 0 Å². The molecule has 1 rings (SSSR count). The standard InChI is InChI=1S/C4H10N2.C4H9NO.H3N.H2O/c1-3-4(2)6-5;1-3-4(2)5-6-4;;/h3,5H2,1-2H3;5H,3H2,1-2H3;1H3;1H2. The SMILES string of the molecule is CCC(C)=NN.CCC1(C)NO1.N.O. The van der Waals surface area contributed by atoms with Gasteiger partial charge in [-0.25, -0.2) is 0 Å². The first-order valence-electron chi connectivity index (χ1n) is 4.26. The van der Waals surface area contributed by atoms with Crippen molar-refractivity contribution in [1.82, 2.24) is 11.6 Å². The zero-order chi connectivity index (χ0) is 9.61. The molecule has 6 nitrogen and oxygen atoms in total. The smallest absolute Gasteiger partial charge is 0.158 e. The minimum atomic E-state index is 0. The van der Waals surface area contributed by atoms with Crippen molar-refractivity contribution in [1.29, 1.82) is 0 Å². The molecule has 0 aromatic carbocycles. The fourth-order valence-electron chi connectivity index (χ4n) is 0.323. The molecule has 0 aromatic heterocycles. The fourth-order valence-corrected chi connectivity index (χ4v) is 0.323. The van der Waals surface area contributed by atoms with Crippen molar-refractivity contribution in [2.24, 2.45) is 10.9 Å². The van der Waals surface area contributed by atoms with Gasteiger partial charge in [0.2, 0.25) is 0 Å². The van der Waals surface area contributed by atoms with Gasteiger partial charge in [-0.3, -0.25) is 4.84 Å². The molecule has 1 fully saturated rings. The summed E-state index contributed by atoms with van der Waals surface area (Å²) >= 11 is 0. The van der Waals surface area contributed by atoms with Gasteiger partial charge < -0.3 is 17.5 Å². The molecule has 14 heavy (non-hydrogen) atoms. The lowest BCUT2D eigenvalue weighted by Crippen LogP contribution is -2.04. The first kappa shape index (κ1) is 19.0. The van der Waals surface area contributed by atoms with Crippen LogP contribution < -0.4 is 17.5 Å². The summed E-state index contributed by atoms with van der Waals surface area (Å²) in [6.07, 6.45) is 2.00. The minimum Gasteiger partial charge on any atom is -0.412 e. The summed E-state index contributed by atoms with van der Waals surface area (Å²) in [4.78, 5) is 4.80. The molecule has 1 aliphatic rings. The maximum atomic E-state index is 4.87. The van der Waals surface area contributed by atoms with Crippen molar-refractivity contribution in [2.75, 3.05) is 0 Å². The van der Waals surface area contributed by atoms with Crippen molar-refractivity contribution in [2.45, 2.75) is 46.3 Å². The van der Waals surface area contributed by atoms with E-state index in [1.54, 1.807) is 0 Å². The molecule has 0 spiro atoms. The topological polar surface area (TPSA) is 139 Å². The van der Waals surface area contributed by atoms with Crippen LogP contribution in [0, 0.1) is 0 Å². The van der Waals surface area contributed by atoms with Crippen molar-refractivity contribution in [3.8, 4) is 0 Å². The van der Waals surface area contributed by atoms with E-state index in [-0.39, 0.29) is 17.4 Å². The third-order valence-corrected chi connectivity index (χ3v) is 1.86. The Hall–Kier alpha value is -0.690. The number of hydrazone groups is 1. The van der Waals surface area contributed by atoms with Crippen LogP contribution in [0.3, 0.4) is 0 Å². The Morgan fingerprint density at radius 1 is 1.50 bits per heavy atom. The molecule has 1 heterocycles. The number of nitrogens with two attached hydrogens (primary N) is 1. The summed E-state index contributed by atoms with van der Waals surface area (Å²) in [6, 6.07) is 0. The Balaban J connectivity index is -0.000000151. The molecule has 0 amide bonds. The van der Waals surface area contributed by atoms with E-state index < -0.39 is 0 Å². The number of hydrogen-bond donors (Lipinski definition) is 3. The Labute approximate surface area is 85.7 Å². The molecule has 88 valence electrons. The summed E-state index contributed by atoms with van der Waals surface area (Å²) in [6.45, 7) is 8.03. The van der Waals surface area contributed by atoms with E-state index >= 15 is 0 Å². The molecule has 0 radical (unpaired) electrons. The second-order valence-corrected chi connectivity index (χ2v) is 3.01. The third-order valence-electron chi connectivity index (χ3n) is 1.86. The van der Waals surface area contributed by atoms with E-state index in [9.17, 15) is 0 Å². The maximum Gasteiger partial charge on any atom is 0.158 e. The van der Waals surface area contributed by atoms with Crippen LogP contribution in [0.5, 0.6) is 0 Å². The van der Waals surface area contributed by atoms with Gasteiger partial charge in [0.25, 0.3) is 0 Å². The number of rotatable bonds is 2. The van der Waals surface area contributed by atoms with E-state index in [1.807, 2.05) is 20.8 Å². The summed E-state index contributed by atoms with van der Waals surface area (Å²) in [5.74, 6) is 4.87. The molecule has 0 bridgehead atoms. The van der Waals surface area contributed by atoms with Crippen molar-refractivity contribution in [3.05, 3.63) is 0 Å². The molecular formula is C8H24N4O2. The zero-order valence-corrected chi connectivity index (χ0v) is 9.55. The van der Waals surface area contributed by atoms with Gasteiger partial charge in [0, 0.05) is 5.71 Å². The predicted octanol–water partition coefficient (Wildman–Crippen LogP) is 0.716. The van der Waals surface area contributed by atoms with E-state index in [0.717, 1.165) is 18.6 Å². The van der Waals surface area contributed by atoms with Gasteiger partial charge >= 0.3 is 0 Å². The predicted molar refractivity (Wildman–Crippen MR) is 59.1 cm³/mol.